The summed E-state index contributed by atoms with van der Waals surface area (Å²) >= 11 is 5.75. The van der Waals surface area contributed by atoms with Crippen LogP contribution in [0.5, 0.6) is 5.75 Å². The molecule has 0 spiro atoms. The monoisotopic (exact) mass is 367 g/mol. The van der Waals surface area contributed by atoms with Crippen molar-refractivity contribution in [1.82, 2.24) is 5.32 Å². The smallest absolute Gasteiger partial charge is 0.236 e. The number of methoxy groups -OCH3 is 1. The van der Waals surface area contributed by atoms with Crippen molar-refractivity contribution in [2.45, 2.75) is 17.9 Å². The molecule has 2 aromatic rings. The van der Waals surface area contributed by atoms with E-state index >= 15 is 0 Å². The predicted molar refractivity (Wildman–Crippen MR) is 93.1 cm³/mol. The van der Waals surface area contributed by atoms with Gasteiger partial charge in [-0.05, 0) is 37.3 Å². The van der Waals surface area contributed by atoms with E-state index in [0.717, 1.165) is 5.56 Å². The number of ether oxygens (including phenoxy) is 1. The number of para-hydroxylation sites is 1. The minimum atomic E-state index is -3.72. The van der Waals surface area contributed by atoms with Crippen molar-refractivity contribution < 1.29 is 17.9 Å². The molecule has 24 heavy (non-hydrogen) atoms. The Labute approximate surface area is 146 Å². The van der Waals surface area contributed by atoms with Crippen LogP contribution in [0.4, 0.5) is 0 Å². The Morgan fingerprint density at radius 1 is 1.17 bits per heavy atom. The van der Waals surface area contributed by atoms with Crippen LogP contribution < -0.4 is 10.1 Å². The van der Waals surface area contributed by atoms with E-state index in [-0.39, 0.29) is 10.9 Å². The number of amides is 1. The van der Waals surface area contributed by atoms with Gasteiger partial charge < -0.3 is 10.1 Å². The van der Waals surface area contributed by atoms with Crippen molar-refractivity contribution in [2.75, 3.05) is 12.9 Å². The highest BCUT2D eigenvalue weighted by Crippen LogP contribution is 2.24. The van der Waals surface area contributed by atoms with Crippen LogP contribution in [-0.2, 0) is 14.6 Å². The van der Waals surface area contributed by atoms with Gasteiger partial charge in [-0.2, -0.15) is 0 Å². The highest BCUT2D eigenvalue weighted by atomic mass is 35.5. The number of hydrogen-bond acceptors (Lipinski definition) is 4. The Morgan fingerprint density at radius 3 is 2.42 bits per heavy atom. The summed E-state index contributed by atoms with van der Waals surface area (Å²) in [6.45, 7) is 1.77. The van der Waals surface area contributed by atoms with Crippen molar-refractivity contribution >= 4 is 27.3 Å². The number of carbonyl (C=O) groups excluding carboxylic acids is 1. The Balaban J connectivity index is 2.08. The van der Waals surface area contributed by atoms with Crippen LogP contribution in [0.1, 0.15) is 18.5 Å². The second-order valence-corrected chi connectivity index (χ2v) is 7.67. The third kappa shape index (κ3) is 4.49. The largest absolute Gasteiger partial charge is 0.496 e. The minimum absolute atomic E-state index is 0.0620. The van der Waals surface area contributed by atoms with E-state index in [1.165, 1.54) is 24.3 Å². The molecule has 0 aromatic heterocycles. The van der Waals surface area contributed by atoms with Crippen molar-refractivity contribution in [1.29, 1.82) is 0 Å². The molecule has 2 rings (SSSR count). The fourth-order valence-electron chi connectivity index (χ4n) is 2.28. The number of nitrogens with one attached hydrogen (secondary N) is 1. The number of carbonyl (C=O) groups is 1. The molecule has 1 amide bonds. The first-order chi connectivity index (χ1) is 11.3. The van der Waals surface area contributed by atoms with E-state index in [9.17, 15) is 13.2 Å². The zero-order valence-corrected chi connectivity index (χ0v) is 14.9. The van der Waals surface area contributed by atoms with Gasteiger partial charge in [-0.3, -0.25) is 4.79 Å². The summed E-state index contributed by atoms with van der Waals surface area (Å²) < 4.78 is 29.8. The van der Waals surface area contributed by atoms with Gasteiger partial charge in [-0.15, -0.1) is 0 Å². The zero-order chi connectivity index (χ0) is 17.7. The van der Waals surface area contributed by atoms with Crippen LogP contribution in [0.3, 0.4) is 0 Å². The molecule has 0 aliphatic carbocycles. The van der Waals surface area contributed by atoms with Gasteiger partial charge in [-0.1, -0.05) is 29.8 Å². The lowest BCUT2D eigenvalue weighted by atomic mass is 10.1. The summed E-state index contributed by atoms with van der Waals surface area (Å²) in [7, 11) is -2.18. The zero-order valence-electron chi connectivity index (χ0n) is 13.3. The van der Waals surface area contributed by atoms with Gasteiger partial charge in [-0.25, -0.2) is 8.42 Å². The Bertz CT molecular complexity index is 819. The molecule has 1 unspecified atom stereocenters. The molecule has 1 atom stereocenters. The van der Waals surface area contributed by atoms with Crippen molar-refractivity contribution in [3.8, 4) is 5.75 Å². The van der Waals surface area contributed by atoms with Crippen molar-refractivity contribution in [2.24, 2.45) is 0 Å². The van der Waals surface area contributed by atoms with Crippen LogP contribution in [0.25, 0.3) is 0 Å². The predicted octanol–water partition coefficient (Wildman–Crippen LogP) is 3.00. The van der Waals surface area contributed by atoms with E-state index in [0.29, 0.717) is 10.8 Å². The number of rotatable bonds is 6. The maximum atomic E-state index is 12.3. The molecule has 7 heteroatoms. The number of sulfone groups is 1. The van der Waals surface area contributed by atoms with Gasteiger partial charge in [0.1, 0.15) is 11.5 Å². The van der Waals surface area contributed by atoms with Gasteiger partial charge in [0.2, 0.25) is 5.91 Å². The fourth-order valence-corrected chi connectivity index (χ4v) is 3.55. The Kier molecular flexibility index (Phi) is 5.85. The molecule has 0 saturated carbocycles. The normalized spacial score (nSPS) is 12.5. The maximum Gasteiger partial charge on any atom is 0.236 e. The Hall–Kier alpha value is -2.05. The van der Waals surface area contributed by atoms with Gasteiger partial charge in [0.15, 0.2) is 9.84 Å². The van der Waals surface area contributed by atoms with Gasteiger partial charge in [0.25, 0.3) is 0 Å². The second-order valence-electron chi connectivity index (χ2n) is 5.24. The summed E-state index contributed by atoms with van der Waals surface area (Å²) in [5.74, 6) is -0.581. The lowest BCUT2D eigenvalue weighted by molar-refractivity contribution is -0.119. The van der Waals surface area contributed by atoms with Gasteiger partial charge >= 0.3 is 0 Å². The van der Waals surface area contributed by atoms with E-state index < -0.39 is 21.5 Å². The number of hydrogen-bond donors (Lipinski definition) is 1. The van der Waals surface area contributed by atoms with E-state index in [1.807, 2.05) is 18.2 Å². The molecular formula is C17H18ClNO4S. The summed E-state index contributed by atoms with van der Waals surface area (Å²) in [4.78, 5) is 12.2. The molecule has 0 fully saturated rings. The average Bonchev–Trinajstić information content (AvgIpc) is 2.54. The third-order valence-electron chi connectivity index (χ3n) is 3.48. The summed E-state index contributed by atoms with van der Waals surface area (Å²) in [5.41, 5.74) is 0.775. The quantitative estimate of drug-likeness (QED) is 0.851. The molecule has 0 bridgehead atoms. The van der Waals surface area contributed by atoms with E-state index in [2.05, 4.69) is 5.32 Å². The average molecular weight is 368 g/mol. The number of benzene rings is 2. The van der Waals surface area contributed by atoms with Gasteiger partial charge in [0, 0.05) is 10.6 Å². The molecule has 1 N–H and O–H groups in total. The Morgan fingerprint density at radius 2 is 1.79 bits per heavy atom. The molecular weight excluding hydrogens is 350 g/mol. The first-order valence-corrected chi connectivity index (χ1v) is 9.27. The standard InChI is InChI=1S/C17H18ClNO4S/c1-12(15-5-3-4-6-16(15)23-2)19-17(20)11-24(21,22)14-9-7-13(18)8-10-14/h3-10,12H,11H2,1-2H3,(H,19,20). The molecule has 0 heterocycles. The highest BCUT2D eigenvalue weighted by Gasteiger charge is 2.21. The molecule has 0 radical (unpaired) electrons. The van der Waals surface area contributed by atoms with Crippen LogP contribution in [0.15, 0.2) is 53.4 Å². The van der Waals surface area contributed by atoms with Crippen molar-refractivity contribution in [3.63, 3.8) is 0 Å². The number of halogens is 1. The SMILES string of the molecule is COc1ccccc1C(C)NC(=O)CS(=O)(=O)c1ccc(Cl)cc1. The molecule has 0 saturated heterocycles. The van der Waals surface area contributed by atoms with Crippen LogP contribution >= 0.6 is 11.6 Å². The van der Waals surface area contributed by atoms with Crippen LogP contribution in [-0.4, -0.2) is 27.2 Å². The summed E-state index contributed by atoms with van der Waals surface area (Å²) in [6, 6.07) is 12.6. The highest BCUT2D eigenvalue weighted by molar-refractivity contribution is 7.92. The fraction of sp³-hybridized carbons (Fsp3) is 0.235. The lowest BCUT2D eigenvalue weighted by Crippen LogP contribution is -2.32. The third-order valence-corrected chi connectivity index (χ3v) is 5.36. The summed E-state index contributed by atoms with van der Waals surface area (Å²) in [5, 5.41) is 3.12. The lowest BCUT2D eigenvalue weighted by Gasteiger charge is -2.17. The maximum absolute atomic E-state index is 12.3. The van der Waals surface area contributed by atoms with E-state index in [4.69, 9.17) is 16.3 Å². The van der Waals surface area contributed by atoms with Crippen molar-refractivity contribution in [3.05, 3.63) is 59.1 Å². The van der Waals surface area contributed by atoms with Crippen LogP contribution in [0.2, 0.25) is 5.02 Å². The molecule has 128 valence electrons. The van der Waals surface area contributed by atoms with Crippen LogP contribution in [0, 0.1) is 0 Å². The summed E-state index contributed by atoms with van der Waals surface area (Å²) in [6.07, 6.45) is 0. The molecule has 0 aliphatic heterocycles. The minimum Gasteiger partial charge on any atom is -0.496 e. The first kappa shape index (κ1) is 18.3. The van der Waals surface area contributed by atoms with E-state index in [1.54, 1.807) is 20.1 Å². The topological polar surface area (TPSA) is 72.5 Å². The first-order valence-electron chi connectivity index (χ1n) is 7.24. The molecule has 2 aromatic carbocycles. The second kappa shape index (κ2) is 7.68. The van der Waals surface area contributed by atoms with Gasteiger partial charge in [0.05, 0.1) is 18.0 Å². The molecule has 5 nitrogen and oxygen atoms in total. The molecule has 0 aliphatic rings.